The fraction of sp³-hybridized carbons (Fsp3) is 0.625. The van der Waals surface area contributed by atoms with E-state index < -0.39 is 5.79 Å². The molecule has 21 heavy (non-hydrogen) atoms. The third-order valence-electron chi connectivity index (χ3n) is 4.07. The highest BCUT2D eigenvalue weighted by Crippen LogP contribution is 2.34. The van der Waals surface area contributed by atoms with Crippen LogP contribution in [0.4, 0.5) is 10.1 Å². The Morgan fingerprint density at radius 1 is 1.24 bits per heavy atom. The van der Waals surface area contributed by atoms with Crippen LogP contribution >= 0.6 is 0 Å². The van der Waals surface area contributed by atoms with Crippen LogP contribution < -0.4 is 9.64 Å². The van der Waals surface area contributed by atoms with Crippen molar-refractivity contribution in [3.8, 4) is 5.75 Å². The molecule has 1 aromatic rings. The monoisotopic (exact) mass is 295 g/mol. The van der Waals surface area contributed by atoms with Gasteiger partial charge in [-0.1, -0.05) is 6.92 Å². The van der Waals surface area contributed by atoms with E-state index in [1.807, 2.05) is 13.0 Å². The Kier molecular flexibility index (Phi) is 4.31. The molecule has 0 aliphatic carbocycles. The molecule has 5 heteroatoms. The lowest BCUT2D eigenvalue weighted by Gasteiger charge is -2.38. The van der Waals surface area contributed by atoms with E-state index in [-0.39, 0.29) is 5.82 Å². The van der Waals surface area contributed by atoms with Gasteiger partial charge in [0.05, 0.1) is 25.5 Å². The minimum atomic E-state index is -0.419. The predicted molar refractivity (Wildman–Crippen MR) is 78.3 cm³/mol. The molecule has 0 aromatic heterocycles. The standard InChI is InChI=1S/C16H22FNO3/c1-2-9-19-13-3-4-15(14(17)12-13)18-7-5-16(6-8-18)20-10-11-21-16/h3-4,12H,2,5-11H2,1H3. The van der Waals surface area contributed by atoms with E-state index in [1.165, 1.54) is 6.07 Å². The van der Waals surface area contributed by atoms with Gasteiger partial charge in [0.15, 0.2) is 5.79 Å². The maximum atomic E-state index is 14.2. The number of halogens is 1. The maximum absolute atomic E-state index is 14.2. The van der Waals surface area contributed by atoms with Gasteiger partial charge in [-0.3, -0.25) is 0 Å². The summed E-state index contributed by atoms with van der Waals surface area (Å²) in [4.78, 5) is 2.05. The fourth-order valence-corrected chi connectivity index (χ4v) is 2.93. The van der Waals surface area contributed by atoms with Crippen LogP contribution in [0.3, 0.4) is 0 Å². The molecule has 3 rings (SSSR count). The van der Waals surface area contributed by atoms with Crippen LogP contribution in [0.2, 0.25) is 0 Å². The molecule has 0 bridgehead atoms. The molecule has 0 atom stereocenters. The van der Waals surface area contributed by atoms with Crippen molar-refractivity contribution in [1.29, 1.82) is 0 Å². The van der Waals surface area contributed by atoms with Gasteiger partial charge >= 0.3 is 0 Å². The molecule has 2 aliphatic rings. The Morgan fingerprint density at radius 3 is 2.57 bits per heavy atom. The zero-order chi connectivity index (χ0) is 14.7. The van der Waals surface area contributed by atoms with Crippen LogP contribution in [-0.4, -0.2) is 38.7 Å². The summed E-state index contributed by atoms with van der Waals surface area (Å²) in [5, 5.41) is 0. The minimum absolute atomic E-state index is 0.229. The SMILES string of the molecule is CCCOc1ccc(N2CCC3(CC2)OCCO3)c(F)c1. The second-order valence-electron chi connectivity index (χ2n) is 5.56. The summed E-state index contributed by atoms with van der Waals surface area (Å²) < 4.78 is 31.1. The van der Waals surface area contributed by atoms with Gasteiger partial charge in [0.1, 0.15) is 11.6 Å². The van der Waals surface area contributed by atoms with Crippen LogP contribution in [-0.2, 0) is 9.47 Å². The first-order valence-electron chi connectivity index (χ1n) is 7.68. The normalized spacial score (nSPS) is 21.0. The Labute approximate surface area is 124 Å². The number of piperidine rings is 1. The highest BCUT2D eigenvalue weighted by atomic mass is 19.1. The molecule has 0 amide bonds. The molecular formula is C16H22FNO3. The van der Waals surface area contributed by atoms with Crippen molar-refractivity contribution < 1.29 is 18.6 Å². The number of hydrogen-bond acceptors (Lipinski definition) is 4. The second-order valence-corrected chi connectivity index (χ2v) is 5.56. The summed E-state index contributed by atoms with van der Waals surface area (Å²) in [7, 11) is 0. The van der Waals surface area contributed by atoms with Crippen LogP contribution in [0.1, 0.15) is 26.2 Å². The van der Waals surface area contributed by atoms with Crippen molar-refractivity contribution in [3.63, 3.8) is 0 Å². The highest BCUT2D eigenvalue weighted by molar-refractivity contribution is 5.51. The number of ether oxygens (including phenoxy) is 3. The van der Waals surface area contributed by atoms with E-state index >= 15 is 0 Å². The number of anilines is 1. The van der Waals surface area contributed by atoms with Crippen LogP contribution in [0.25, 0.3) is 0 Å². The zero-order valence-electron chi connectivity index (χ0n) is 12.4. The zero-order valence-corrected chi connectivity index (χ0v) is 12.4. The third-order valence-corrected chi connectivity index (χ3v) is 4.07. The van der Waals surface area contributed by atoms with E-state index in [1.54, 1.807) is 6.07 Å². The summed E-state index contributed by atoms with van der Waals surface area (Å²) in [5.41, 5.74) is 0.631. The Bertz CT molecular complexity index is 478. The van der Waals surface area contributed by atoms with Gasteiger partial charge in [0.25, 0.3) is 0 Å². The first kappa shape index (κ1) is 14.6. The average Bonchev–Trinajstić information content (AvgIpc) is 2.95. The molecule has 2 aliphatic heterocycles. The first-order valence-corrected chi connectivity index (χ1v) is 7.68. The molecule has 4 nitrogen and oxygen atoms in total. The minimum Gasteiger partial charge on any atom is -0.493 e. The lowest BCUT2D eigenvalue weighted by atomic mass is 10.0. The van der Waals surface area contributed by atoms with Gasteiger partial charge in [-0.2, -0.15) is 0 Å². The van der Waals surface area contributed by atoms with Crippen LogP contribution in [0.5, 0.6) is 5.75 Å². The van der Waals surface area contributed by atoms with Gasteiger partial charge < -0.3 is 19.1 Å². The average molecular weight is 295 g/mol. The van der Waals surface area contributed by atoms with Crippen molar-refractivity contribution in [2.45, 2.75) is 32.0 Å². The molecule has 1 spiro atoms. The predicted octanol–water partition coefficient (Wildman–Crippen LogP) is 2.96. The van der Waals surface area contributed by atoms with E-state index in [0.29, 0.717) is 31.3 Å². The summed E-state index contributed by atoms with van der Waals surface area (Å²) in [6, 6.07) is 5.10. The van der Waals surface area contributed by atoms with Gasteiger partial charge in [-0.15, -0.1) is 0 Å². The lowest BCUT2D eigenvalue weighted by molar-refractivity contribution is -0.169. The van der Waals surface area contributed by atoms with Crippen LogP contribution in [0.15, 0.2) is 18.2 Å². The Hall–Kier alpha value is -1.33. The Morgan fingerprint density at radius 2 is 1.95 bits per heavy atom. The molecule has 116 valence electrons. The molecule has 0 unspecified atom stereocenters. The van der Waals surface area contributed by atoms with E-state index in [9.17, 15) is 4.39 Å². The quantitative estimate of drug-likeness (QED) is 0.854. The van der Waals surface area contributed by atoms with Crippen molar-refractivity contribution >= 4 is 5.69 Å². The fourth-order valence-electron chi connectivity index (χ4n) is 2.93. The summed E-state index contributed by atoms with van der Waals surface area (Å²) in [5.74, 6) is -0.0567. The Balaban J connectivity index is 1.64. The molecule has 2 saturated heterocycles. The highest BCUT2D eigenvalue weighted by Gasteiger charge is 2.40. The van der Waals surface area contributed by atoms with Crippen molar-refractivity contribution in [1.82, 2.24) is 0 Å². The first-order chi connectivity index (χ1) is 10.2. The van der Waals surface area contributed by atoms with E-state index in [0.717, 1.165) is 32.4 Å². The summed E-state index contributed by atoms with van der Waals surface area (Å²) >= 11 is 0. The van der Waals surface area contributed by atoms with Crippen molar-refractivity contribution in [2.75, 3.05) is 37.8 Å². The molecular weight excluding hydrogens is 273 g/mol. The van der Waals surface area contributed by atoms with Gasteiger partial charge in [-0.05, 0) is 18.6 Å². The number of benzene rings is 1. The van der Waals surface area contributed by atoms with Gasteiger partial charge in [0.2, 0.25) is 0 Å². The van der Waals surface area contributed by atoms with Gasteiger partial charge in [-0.25, -0.2) is 4.39 Å². The number of rotatable bonds is 4. The third kappa shape index (κ3) is 3.14. The molecule has 2 fully saturated rings. The lowest BCUT2D eigenvalue weighted by Crippen LogP contribution is -2.45. The number of hydrogen-bond donors (Lipinski definition) is 0. The van der Waals surface area contributed by atoms with Crippen molar-refractivity contribution in [3.05, 3.63) is 24.0 Å². The number of nitrogens with zero attached hydrogens (tertiary/aromatic N) is 1. The topological polar surface area (TPSA) is 30.9 Å². The molecule has 1 aromatic carbocycles. The van der Waals surface area contributed by atoms with E-state index in [4.69, 9.17) is 14.2 Å². The van der Waals surface area contributed by atoms with E-state index in [2.05, 4.69) is 4.90 Å². The molecule has 2 heterocycles. The largest absolute Gasteiger partial charge is 0.493 e. The summed E-state index contributed by atoms with van der Waals surface area (Å²) in [6.07, 6.45) is 2.47. The molecule has 0 N–H and O–H groups in total. The second kappa shape index (κ2) is 6.20. The smallest absolute Gasteiger partial charge is 0.171 e. The molecule has 0 saturated carbocycles. The van der Waals surface area contributed by atoms with Crippen molar-refractivity contribution in [2.24, 2.45) is 0 Å². The van der Waals surface area contributed by atoms with Crippen LogP contribution in [0, 0.1) is 5.82 Å². The van der Waals surface area contributed by atoms with Gasteiger partial charge in [0, 0.05) is 32.0 Å². The summed E-state index contributed by atoms with van der Waals surface area (Å²) in [6.45, 7) is 5.45. The molecule has 0 radical (unpaired) electrons. The maximum Gasteiger partial charge on any atom is 0.171 e.